The van der Waals surface area contributed by atoms with E-state index in [1.807, 2.05) is 4.68 Å². The molecule has 124 valence electrons. The molecule has 1 heterocycles. The van der Waals surface area contributed by atoms with Gasteiger partial charge in [-0.05, 0) is 37.0 Å². The maximum atomic E-state index is 12.5. The van der Waals surface area contributed by atoms with Gasteiger partial charge in [0.15, 0.2) is 0 Å². The molecule has 2 rings (SSSR count). The van der Waals surface area contributed by atoms with Gasteiger partial charge in [0.2, 0.25) is 0 Å². The first-order valence-electron chi connectivity index (χ1n) is 8.45. The number of rotatable bonds is 8. The third kappa shape index (κ3) is 3.69. The Bertz CT molecular complexity index is 504. The van der Waals surface area contributed by atoms with Crippen molar-refractivity contribution in [2.45, 2.75) is 59.4 Å². The lowest BCUT2D eigenvalue weighted by atomic mass is 9.67. The van der Waals surface area contributed by atoms with Crippen LogP contribution in [0, 0.1) is 11.3 Å². The Kier molecular flexibility index (Phi) is 5.62. The van der Waals surface area contributed by atoms with E-state index in [-0.39, 0.29) is 17.9 Å². The van der Waals surface area contributed by atoms with E-state index >= 15 is 0 Å². The van der Waals surface area contributed by atoms with Gasteiger partial charge in [-0.2, -0.15) is 5.10 Å². The second-order valence-electron chi connectivity index (χ2n) is 6.94. The first kappa shape index (κ1) is 17.0. The Morgan fingerprint density at radius 3 is 2.73 bits per heavy atom. The Morgan fingerprint density at radius 2 is 2.23 bits per heavy atom. The third-order valence-corrected chi connectivity index (χ3v) is 4.75. The monoisotopic (exact) mass is 307 g/mol. The molecular weight excluding hydrogens is 278 g/mol. The van der Waals surface area contributed by atoms with Crippen LogP contribution in [0.3, 0.4) is 0 Å². The number of carbonyl (C=O) groups is 1. The highest BCUT2D eigenvalue weighted by molar-refractivity contribution is 5.95. The van der Waals surface area contributed by atoms with Gasteiger partial charge in [0.25, 0.3) is 5.91 Å². The molecule has 22 heavy (non-hydrogen) atoms. The molecule has 0 unspecified atom stereocenters. The van der Waals surface area contributed by atoms with Crippen LogP contribution in [0.15, 0.2) is 6.20 Å². The lowest BCUT2D eigenvalue weighted by Gasteiger charge is -2.41. The van der Waals surface area contributed by atoms with Crippen LogP contribution in [0.2, 0.25) is 0 Å². The molecule has 0 saturated heterocycles. The molecule has 0 radical (unpaired) electrons. The number of nitrogens with zero attached hydrogens (tertiary/aromatic N) is 2. The normalized spacial score (nSPS) is 16.6. The fourth-order valence-corrected chi connectivity index (χ4v) is 3.27. The fraction of sp³-hybridized carbons (Fsp3) is 0.765. The summed E-state index contributed by atoms with van der Waals surface area (Å²) in [4.78, 5) is 12.5. The van der Waals surface area contributed by atoms with Crippen molar-refractivity contribution in [3.63, 3.8) is 0 Å². The Hall–Kier alpha value is -1.36. The molecule has 5 nitrogen and oxygen atoms in total. The summed E-state index contributed by atoms with van der Waals surface area (Å²) in [5.41, 5.74) is 1.82. The number of aromatic nitrogens is 2. The highest BCUT2D eigenvalue weighted by Gasteiger charge is 2.36. The van der Waals surface area contributed by atoms with Crippen LogP contribution in [0.4, 0.5) is 0 Å². The van der Waals surface area contributed by atoms with Gasteiger partial charge in [0, 0.05) is 19.7 Å². The highest BCUT2D eigenvalue weighted by atomic mass is 16.3. The molecule has 0 aromatic carbocycles. The van der Waals surface area contributed by atoms with Crippen LogP contribution in [-0.2, 0) is 13.0 Å². The van der Waals surface area contributed by atoms with E-state index in [4.69, 9.17) is 0 Å². The quantitative estimate of drug-likeness (QED) is 0.775. The van der Waals surface area contributed by atoms with Gasteiger partial charge in [0.1, 0.15) is 0 Å². The van der Waals surface area contributed by atoms with Crippen molar-refractivity contribution < 1.29 is 9.90 Å². The molecule has 0 bridgehead atoms. The Balaban J connectivity index is 2.01. The molecule has 0 spiro atoms. The topological polar surface area (TPSA) is 67.2 Å². The second-order valence-corrected chi connectivity index (χ2v) is 6.94. The van der Waals surface area contributed by atoms with E-state index < -0.39 is 0 Å². The van der Waals surface area contributed by atoms with E-state index in [1.54, 1.807) is 6.20 Å². The minimum Gasteiger partial charge on any atom is -0.396 e. The molecule has 2 N–H and O–H groups in total. The van der Waals surface area contributed by atoms with Gasteiger partial charge in [-0.15, -0.1) is 0 Å². The van der Waals surface area contributed by atoms with E-state index in [2.05, 4.69) is 31.2 Å². The smallest absolute Gasteiger partial charge is 0.254 e. The number of nitrogens with one attached hydrogen (secondary N) is 1. The number of aliphatic hydroxyl groups is 1. The SMILES string of the molecule is CCc1c(C(=O)NCC2(CCO)CCC2)cnn1CC(C)C. The zero-order valence-electron chi connectivity index (χ0n) is 14.1. The van der Waals surface area contributed by atoms with Gasteiger partial charge < -0.3 is 10.4 Å². The van der Waals surface area contributed by atoms with E-state index in [9.17, 15) is 9.90 Å². The second kappa shape index (κ2) is 7.27. The average Bonchev–Trinajstić information content (AvgIpc) is 2.83. The molecule has 0 atom stereocenters. The van der Waals surface area contributed by atoms with E-state index in [1.165, 1.54) is 6.42 Å². The van der Waals surface area contributed by atoms with Crippen molar-refractivity contribution in [1.29, 1.82) is 0 Å². The van der Waals surface area contributed by atoms with Crippen LogP contribution in [0.25, 0.3) is 0 Å². The maximum absolute atomic E-state index is 12.5. The van der Waals surface area contributed by atoms with E-state index in [0.717, 1.165) is 37.9 Å². The van der Waals surface area contributed by atoms with Crippen molar-refractivity contribution >= 4 is 5.91 Å². The number of aliphatic hydroxyl groups excluding tert-OH is 1. The minimum atomic E-state index is -0.0314. The number of carbonyl (C=O) groups excluding carboxylic acids is 1. The average molecular weight is 307 g/mol. The van der Waals surface area contributed by atoms with Gasteiger partial charge in [0.05, 0.1) is 17.5 Å². The molecule has 1 aromatic heterocycles. The Morgan fingerprint density at radius 1 is 1.50 bits per heavy atom. The molecule has 1 aromatic rings. The first-order valence-corrected chi connectivity index (χ1v) is 8.45. The summed E-state index contributed by atoms with van der Waals surface area (Å²) >= 11 is 0. The van der Waals surface area contributed by atoms with Gasteiger partial charge in [-0.3, -0.25) is 9.48 Å². The number of amides is 1. The zero-order chi connectivity index (χ0) is 16.2. The summed E-state index contributed by atoms with van der Waals surface area (Å²) in [6, 6.07) is 0. The molecular formula is C17H29N3O2. The highest BCUT2D eigenvalue weighted by Crippen LogP contribution is 2.43. The summed E-state index contributed by atoms with van der Waals surface area (Å²) < 4.78 is 1.95. The van der Waals surface area contributed by atoms with Crippen molar-refractivity contribution in [3.8, 4) is 0 Å². The predicted octanol–water partition coefficient (Wildman–Crippen LogP) is 2.38. The summed E-state index contributed by atoms with van der Waals surface area (Å²) in [5, 5.41) is 16.6. The fourth-order valence-electron chi connectivity index (χ4n) is 3.27. The molecule has 1 amide bonds. The number of hydrogen-bond acceptors (Lipinski definition) is 3. The number of hydrogen-bond donors (Lipinski definition) is 2. The van der Waals surface area contributed by atoms with Crippen LogP contribution in [0.5, 0.6) is 0 Å². The van der Waals surface area contributed by atoms with Crippen molar-refractivity contribution in [3.05, 3.63) is 17.5 Å². The molecule has 1 aliphatic carbocycles. The van der Waals surface area contributed by atoms with Gasteiger partial charge in [-0.1, -0.05) is 27.2 Å². The summed E-state index contributed by atoms with van der Waals surface area (Å²) in [6.45, 7) is 8.05. The molecule has 1 aliphatic rings. The zero-order valence-corrected chi connectivity index (χ0v) is 14.1. The molecule has 0 aliphatic heterocycles. The van der Waals surface area contributed by atoms with Gasteiger partial charge in [-0.25, -0.2) is 0 Å². The maximum Gasteiger partial charge on any atom is 0.254 e. The summed E-state index contributed by atoms with van der Waals surface area (Å²) in [5.74, 6) is 0.472. The van der Waals surface area contributed by atoms with Crippen LogP contribution in [-0.4, -0.2) is 33.9 Å². The summed E-state index contributed by atoms with van der Waals surface area (Å²) in [6.07, 6.45) is 6.67. The lowest BCUT2D eigenvalue weighted by molar-refractivity contribution is 0.0732. The third-order valence-electron chi connectivity index (χ3n) is 4.75. The Labute approximate surface area is 133 Å². The van der Waals surface area contributed by atoms with Gasteiger partial charge >= 0.3 is 0 Å². The van der Waals surface area contributed by atoms with Crippen molar-refractivity contribution in [2.75, 3.05) is 13.2 Å². The van der Waals surface area contributed by atoms with E-state index in [0.29, 0.717) is 18.0 Å². The summed E-state index contributed by atoms with van der Waals surface area (Å²) in [7, 11) is 0. The molecule has 1 fully saturated rings. The molecule has 5 heteroatoms. The minimum absolute atomic E-state index is 0.0314. The van der Waals surface area contributed by atoms with Crippen molar-refractivity contribution in [2.24, 2.45) is 11.3 Å². The van der Waals surface area contributed by atoms with Crippen LogP contribution < -0.4 is 5.32 Å². The predicted molar refractivity (Wildman–Crippen MR) is 86.8 cm³/mol. The van der Waals surface area contributed by atoms with Crippen molar-refractivity contribution in [1.82, 2.24) is 15.1 Å². The first-order chi connectivity index (χ1) is 10.5. The van der Waals surface area contributed by atoms with Crippen LogP contribution >= 0.6 is 0 Å². The largest absolute Gasteiger partial charge is 0.396 e. The molecule has 1 saturated carbocycles. The standard InChI is InChI=1S/C17H29N3O2/c1-4-15-14(10-19-20(15)11-13(2)3)16(22)18-12-17(8-9-21)6-5-7-17/h10,13,21H,4-9,11-12H2,1-3H3,(H,18,22). The van der Waals surface area contributed by atoms with Crippen LogP contribution in [0.1, 0.15) is 62.5 Å². The lowest BCUT2D eigenvalue weighted by Crippen LogP contribution is -2.42.